The third-order valence-electron chi connectivity index (χ3n) is 2.84. The summed E-state index contributed by atoms with van der Waals surface area (Å²) in [5, 5.41) is 8.58. The summed E-state index contributed by atoms with van der Waals surface area (Å²) in [5.74, 6) is -1.47. The zero-order valence-corrected chi connectivity index (χ0v) is 12.4. The maximum atomic E-state index is 13.2. The summed E-state index contributed by atoms with van der Waals surface area (Å²) < 4.78 is 40.1. The molecule has 0 aliphatic rings. The number of carboxylic acids is 1. The number of aliphatic carboxylic acids is 1. The molecule has 0 aromatic heterocycles. The zero-order valence-electron chi connectivity index (χ0n) is 11.6. The van der Waals surface area contributed by atoms with Crippen LogP contribution < -0.4 is 4.72 Å². The van der Waals surface area contributed by atoms with Gasteiger partial charge in [-0.15, -0.1) is 0 Å². The summed E-state index contributed by atoms with van der Waals surface area (Å²) in [6.45, 7) is 4.63. The van der Waals surface area contributed by atoms with Gasteiger partial charge in [-0.2, -0.15) is 0 Å². The molecule has 0 saturated carbocycles. The molecule has 1 aromatic rings. The van der Waals surface area contributed by atoms with Gasteiger partial charge < -0.3 is 5.11 Å². The second-order valence-electron chi connectivity index (χ2n) is 4.82. The van der Waals surface area contributed by atoms with Gasteiger partial charge in [-0.25, -0.2) is 17.5 Å². The van der Waals surface area contributed by atoms with Crippen molar-refractivity contribution in [3.05, 3.63) is 29.1 Å². The molecule has 1 unspecified atom stereocenters. The monoisotopic (exact) mass is 303 g/mol. The molecule has 0 heterocycles. The highest BCUT2D eigenvalue weighted by Gasteiger charge is 2.22. The maximum Gasteiger partial charge on any atom is 0.303 e. The van der Waals surface area contributed by atoms with Crippen molar-refractivity contribution in [1.29, 1.82) is 0 Å². The van der Waals surface area contributed by atoms with Crippen LogP contribution >= 0.6 is 0 Å². The number of halogens is 1. The molecule has 1 atom stereocenters. The van der Waals surface area contributed by atoms with Gasteiger partial charge in [0, 0.05) is 12.5 Å². The van der Waals surface area contributed by atoms with Crippen LogP contribution in [-0.4, -0.2) is 25.5 Å². The number of benzene rings is 1. The van der Waals surface area contributed by atoms with Crippen LogP contribution in [0.5, 0.6) is 0 Å². The van der Waals surface area contributed by atoms with Crippen molar-refractivity contribution in [2.45, 2.75) is 44.6 Å². The lowest BCUT2D eigenvalue weighted by Gasteiger charge is -2.16. The van der Waals surface area contributed by atoms with Crippen LogP contribution in [-0.2, 0) is 14.8 Å². The molecule has 1 rings (SSSR count). The molecule has 5 nitrogen and oxygen atoms in total. The lowest BCUT2D eigenvalue weighted by molar-refractivity contribution is -0.137. The molecule has 0 fully saturated rings. The molecule has 0 saturated heterocycles. The van der Waals surface area contributed by atoms with Gasteiger partial charge in [-0.05, 0) is 50.5 Å². The topological polar surface area (TPSA) is 83.5 Å². The molecule has 0 amide bonds. The molecule has 112 valence electrons. The molecule has 0 aliphatic heterocycles. The van der Waals surface area contributed by atoms with Crippen molar-refractivity contribution in [3.63, 3.8) is 0 Å². The van der Waals surface area contributed by atoms with E-state index in [1.165, 1.54) is 13.8 Å². The van der Waals surface area contributed by atoms with Crippen LogP contribution in [0.2, 0.25) is 0 Å². The first-order valence-electron chi connectivity index (χ1n) is 6.14. The third-order valence-corrected chi connectivity index (χ3v) is 4.74. The summed E-state index contributed by atoms with van der Waals surface area (Å²) in [4.78, 5) is 10.5. The van der Waals surface area contributed by atoms with Gasteiger partial charge in [-0.3, -0.25) is 4.79 Å². The Kier molecular flexibility index (Phi) is 5.24. The lowest BCUT2D eigenvalue weighted by Crippen LogP contribution is -2.33. The van der Waals surface area contributed by atoms with Crippen LogP contribution in [0.25, 0.3) is 0 Å². The summed E-state index contributed by atoms with van der Waals surface area (Å²) in [6, 6.07) is 1.80. The minimum absolute atomic E-state index is 0.0427. The predicted octanol–water partition coefficient (Wildman–Crippen LogP) is 1.97. The van der Waals surface area contributed by atoms with Crippen LogP contribution in [0, 0.1) is 19.7 Å². The molecule has 0 bridgehead atoms. The zero-order chi connectivity index (χ0) is 15.5. The fraction of sp³-hybridized carbons (Fsp3) is 0.462. The molecule has 0 aliphatic carbocycles. The van der Waals surface area contributed by atoms with E-state index in [9.17, 15) is 17.6 Å². The first-order valence-corrected chi connectivity index (χ1v) is 7.62. The number of carbonyl (C=O) groups is 1. The molecule has 7 heteroatoms. The van der Waals surface area contributed by atoms with E-state index < -0.39 is 27.9 Å². The quantitative estimate of drug-likeness (QED) is 0.841. The Hall–Kier alpha value is -1.47. The average Bonchev–Trinajstić information content (AvgIpc) is 2.23. The Bertz CT molecular complexity index is 590. The Morgan fingerprint density at radius 1 is 1.35 bits per heavy atom. The van der Waals surface area contributed by atoms with Crippen molar-refractivity contribution in [1.82, 2.24) is 4.72 Å². The average molecular weight is 303 g/mol. The molecular weight excluding hydrogens is 285 g/mol. The second kappa shape index (κ2) is 6.32. The first-order chi connectivity index (χ1) is 9.13. The van der Waals surface area contributed by atoms with Gasteiger partial charge in [0.25, 0.3) is 0 Å². The summed E-state index contributed by atoms with van der Waals surface area (Å²) in [6.07, 6.45) is 0.0684. The Morgan fingerprint density at radius 2 is 1.85 bits per heavy atom. The van der Waals surface area contributed by atoms with Gasteiger partial charge in [0.15, 0.2) is 0 Å². The van der Waals surface area contributed by atoms with Gasteiger partial charge >= 0.3 is 5.97 Å². The van der Waals surface area contributed by atoms with E-state index in [4.69, 9.17) is 5.11 Å². The van der Waals surface area contributed by atoms with E-state index in [1.807, 2.05) is 0 Å². The highest BCUT2D eigenvalue weighted by Crippen LogP contribution is 2.21. The van der Waals surface area contributed by atoms with E-state index in [2.05, 4.69) is 4.72 Å². The predicted molar refractivity (Wildman–Crippen MR) is 72.5 cm³/mol. The number of rotatable bonds is 6. The number of sulfonamides is 1. The molecule has 0 radical (unpaired) electrons. The van der Waals surface area contributed by atoms with Gasteiger partial charge in [0.1, 0.15) is 5.82 Å². The largest absolute Gasteiger partial charge is 0.481 e. The minimum Gasteiger partial charge on any atom is -0.481 e. The Labute approximate surface area is 117 Å². The SMILES string of the molecule is Cc1cc(F)cc(C)c1S(=O)(=O)NC(C)CCC(=O)O. The van der Waals surface area contributed by atoms with E-state index in [1.54, 1.807) is 6.92 Å². The molecule has 1 aromatic carbocycles. The fourth-order valence-electron chi connectivity index (χ4n) is 2.04. The highest BCUT2D eigenvalue weighted by molar-refractivity contribution is 7.89. The highest BCUT2D eigenvalue weighted by atomic mass is 32.2. The van der Waals surface area contributed by atoms with Gasteiger partial charge in [0.2, 0.25) is 10.0 Å². The van der Waals surface area contributed by atoms with E-state index in [0.717, 1.165) is 12.1 Å². The minimum atomic E-state index is -3.80. The fourth-order valence-corrected chi connectivity index (χ4v) is 3.78. The van der Waals surface area contributed by atoms with Gasteiger partial charge in [-0.1, -0.05) is 0 Å². The Morgan fingerprint density at radius 3 is 2.30 bits per heavy atom. The summed E-state index contributed by atoms with van der Waals surface area (Å²) in [7, 11) is -3.80. The number of aryl methyl sites for hydroxylation is 2. The van der Waals surface area contributed by atoms with Crippen LogP contribution in [0.1, 0.15) is 30.9 Å². The molecular formula is C13H18FNO4S. The number of hydrogen-bond acceptors (Lipinski definition) is 3. The van der Waals surface area contributed by atoms with E-state index >= 15 is 0 Å². The van der Waals surface area contributed by atoms with Gasteiger partial charge in [0.05, 0.1) is 4.90 Å². The first kappa shape index (κ1) is 16.6. The second-order valence-corrected chi connectivity index (χ2v) is 6.47. The maximum absolute atomic E-state index is 13.2. The molecule has 0 spiro atoms. The van der Waals surface area contributed by atoms with Crippen molar-refractivity contribution in [3.8, 4) is 0 Å². The summed E-state index contributed by atoms with van der Waals surface area (Å²) >= 11 is 0. The molecule has 2 N–H and O–H groups in total. The number of nitrogens with one attached hydrogen (secondary N) is 1. The van der Waals surface area contributed by atoms with Crippen molar-refractivity contribution in [2.24, 2.45) is 0 Å². The lowest BCUT2D eigenvalue weighted by atomic mass is 10.1. The number of hydrogen-bond donors (Lipinski definition) is 2. The van der Waals surface area contributed by atoms with Crippen LogP contribution in [0.15, 0.2) is 17.0 Å². The van der Waals surface area contributed by atoms with Crippen LogP contribution in [0.4, 0.5) is 4.39 Å². The van der Waals surface area contributed by atoms with E-state index in [0.29, 0.717) is 11.1 Å². The standard InChI is InChI=1S/C13H18FNO4S/c1-8-6-11(14)7-9(2)13(8)20(18,19)15-10(3)4-5-12(16)17/h6-7,10,15H,4-5H2,1-3H3,(H,16,17). The molecule has 20 heavy (non-hydrogen) atoms. The third kappa shape index (κ3) is 4.28. The van der Waals surface area contributed by atoms with Crippen LogP contribution in [0.3, 0.4) is 0 Å². The van der Waals surface area contributed by atoms with Crippen molar-refractivity contribution < 1.29 is 22.7 Å². The van der Waals surface area contributed by atoms with E-state index in [-0.39, 0.29) is 17.7 Å². The Balaban J connectivity index is 2.97. The number of carboxylic acid groups (broad SMARTS) is 1. The summed E-state index contributed by atoms with van der Waals surface area (Å²) in [5.41, 5.74) is 0.640. The normalized spacial score (nSPS) is 13.2. The smallest absolute Gasteiger partial charge is 0.303 e. The van der Waals surface area contributed by atoms with Crippen molar-refractivity contribution >= 4 is 16.0 Å². The van der Waals surface area contributed by atoms with Crippen molar-refractivity contribution in [2.75, 3.05) is 0 Å².